The molecule has 0 aliphatic carbocycles. The lowest BCUT2D eigenvalue weighted by molar-refractivity contribution is 0.594. The number of benzene rings is 3. The fourth-order valence-corrected chi connectivity index (χ4v) is 6.09. The Balaban J connectivity index is 1.58. The summed E-state index contributed by atoms with van der Waals surface area (Å²) in [5, 5.41) is 0.888. The van der Waals surface area contributed by atoms with Crippen LogP contribution in [0.3, 0.4) is 0 Å². The summed E-state index contributed by atoms with van der Waals surface area (Å²) in [5.74, 6) is 0. The minimum Gasteiger partial charge on any atom is -0.368 e. The summed E-state index contributed by atoms with van der Waals surface area (Å²) in [6.07, 6.45) is 2.41. The molecular formula is C28H29N3O2S. The quantitative estimate of drug-likeness (QED) is 0.397. The number of aryl methyl sites for hydroxylation is 2. The summed E-state index contributed by atoms with van der Waals surface area (Å²) in [4.78, 5) is 9.71. The number of rotatable bonds is 5. The van der Waals surface area contributed by atoms with E-state index in [0.29, 0.717) is 4.90 Å². The molecule has 1 aromatic heterocycles. The van der Waals surface area contributed by atoms with Crippen LogP contribution in [0.25, 0.3) is 10.9 Å². The molecule has 34 heavy (non-hydrogen) atoms. The molecule has 5 rings (SSSR count). The van der Waals surface area contributed by atoms with Gasteiger partial charge in [-0.15, -0.1) is 0 Å². The zero-order valence-electron chi connectivity index (χ0n) is 19.6. The number of sulfone groups is 1. The topological polar surface area (TPSA) is 53.5 Å². The van der Waals surface area contributed by atoms with Crippen LogP contribution >= 0.6 is 0 Å². The van der Waals surface area contributed by atoms with Gasteiger partial charge in [0, 0.05) is 43.4 Å². The van der Waals surface area contributed by atoms with Crippen molar-refractivity contribution >= 4 is 32.1 Å². The van der Waals surface area contributed by atoms with E-state index < -0.39 is 9.84 Å². The molecule has 0 bridgehead atoms. The van der Waals surface area contributed by atoms with Gasteiger partial charge in [-0.05, 0) is 55.3 Å². The van der Waals surface area contributed by atoms with Crippen LogP contribution in [0.5, 0.6) is 0 Å². The van der Waals surface area contributed by atoms with Crippen molar-refractivity contribution in [1.82, 2.24) is 4.98 Å². The van der Waals surface area contributed by atoms with Crippen molar-refractivity contribution in [3.63, 3.8) is 0 Å². The Labute approximate surface area is 201 Å². The third-order valence-corrected chi connectivity index (χ3v) is 8.38. The Bertz CT molecular complexity index is 1410. The third-order valence-electron chi connectivity index (χ3n) is 6.61. The molecule has 0 radical (unpaired) electrons. The molecule has 2 heterocycles. The van der Waals surface area contributed by atoms with E-state index in [1.165, 1.54) is 5.69 Å². The second-order valence-corrected chi connectivity index (χ2v) is 10.7. The van der Waals surface area contributed by atoms with Crippen molar-refractivity contribution in [2.75, 3.05) is 36.0 Å². The normalized spacial score (nSPS) is 14.5. The number of nitrogens with zero attached hydrogens (tertiary/aromatic N) is 3. The molecule has 1 saturated heterocycles. The highest BCUT2D eigenvalue weighted by molar-refractivity contribution is 7.91. The molecule has 5 nitrogen and oxygen atoms in total. The lowest BCUT2D eigenvalue weighted by Crippen LogP contribution is -2.47. The maximum absolute atomic E-state index is 13.8. The van der Waals surface area contributed by atoms with E-state index in [9.17, 15) is 8.42 Å². The highest BCUT2D eigenvalue weighted by Crippen LogP contribution is 2.37. The maximum Gasteiger partial charge on any atom is 0.210 e. The molecule has 1 aliphatic rings. The SMILES string of the molecule is CCc1ccc(S(=O)(=O)c2cnc3ccc(C)cc3c2N2CCN(c3ccccc3)CC2)cc1. The van der Waals surface area contributed by atoms with Crippen LogP contribution in [0, 0.1) is 6.92 Å². The van der Waals surface area contributed by atoms with Crippen LogP contribution in [-0.4, -0.2) is 39.6 Å². The molecule has 0 spiro atoms. The van der Waals surface area contributed by atoms with Crippen molar-refractivity contribution in [1.29, 1.82) is 0 Å². The zero-order chi connectivity index (χ0) is 23.7. The van der Waals surface area contributed by atoms with Gasteiger partial charge >= 0.3 is 0 Å². The van der Waals surface area contributed by atoms with Gasteiger partial charge in [0.15, 0.2) is 0 Å². The van der Waals surface area contributed by atoms with Gasteiger partial charge in [-0.2, -0.15) is 0 Å². The second-order valence-electron chi connectivity index (χ2n) is 8.80. The standard InChI is InChI=1S/C28H29N3O2S/c1-3-22-10-12-24(13-11-22)34(32,33)27-20-29-26-14-9-21(2)19-25(26)28(27)31-17-15-30(16-18-31)23-7-5-4-6-8-23/h4-14,19-20H,3,15-18H2,1-2H3. The first-order chi connectivity index (χ1) is 16.5. The van der Waals surface area contributed by atoms with Gasteiger partial charge in [0.25, 0.3) is 0 Å². The largest absolute Gasteiger partial charge is 0.368 e. The molecule has 0 atom stereocenters. The fraction of sp³-hybridized carbons (Fsp3) is 0.250. The van der Waals surface area contributed by atoms with Crippen LogP contribution in [-0.2, 0) is 16.3 Å². The van der Waals surface area contributed by atoms with Crippen LogP contribution in [0.2, 0.25) is 0 Å². The van der Waals surface area contributed by atoms with Crippen molar-refractivity contribution < 1.29 is 8.42 Å². The summed E-state index contributed by atoms with van der Waals surface area (Å²) in [7, 11) is -3.73. The van der Waals surface area contributed by atoms with Crippen LogP contribution < -0.4 is 9.80 Å². The molecular weight excluding hydrogens is 442 g/mol. The van der Waals surface area contributed by atoms with E-state index in [-0.39, 0.29) is 4.90 Å². The number of piperazine rings is 1. The van der Waals surface area contributed by atoms with Crippen molar-refractivity contribution in [3.05, 3.63) is 90.1 Å². The average molecular weight is 472 g/mol. The molecule has 174 valence electrons. The Hall–Kier alpha value is -3.38. The van der Waals surface area contributed by atoms with Gasteiger partial charge in [-0.1, -0.05) is 48.9 Å². The molecule has 0 amide bonds. The molecule has 0 saturated carbocycles. The van der Waals surface area contributed by atoms with Crippen LogP contribution in [0.1, 0.15) is 18.1 Å². The predicted octanol–water partition coefficient (Wildman–Crippen LogP) is 5.27. The molecule has 3 aromatic carbocycles. The van der Waals surface area contributed by atoms with E-state index in [2.05, 4.69) is 52.0 Å². The number of aromatic nitrogens is 1. The van der Waals surface area contributed by atoms with Crippen molar-refractivity contribution in [3.8, 4) is 0 Å². The van der Waals surface area contributed by atoms with E-state index in [1.54, 1.807) is 18.3 Å². The van der Waals surface area contributed by atoms with Gasteiger partial charge in [-0.25, -0.2) is 8.42 Å². The Kier molecular flexibility index (Phi) is 6.00. The van der Waals surface area contributed by atoms with Gasteiger partial charge in [0.1, 0.15) is 4.90 Å². The van der Waals surface area contributed by atoms with Crippen LogP contribution in [0.15, 0.2) is 88.8 Å². The van der Waals surface area contributed by atoms with Crippen molar-refractivity contribution in [2.24, 2.45) is 0 Å². The van der Waals surface area contributed by atoms with Crippen LogP contribution in [0.4, 0.5) is 11.4 Å². The molecule has 0 N–H and O–H groups in total. The lowest BCUT2D eigenvalue weighted by atomic mass is 10.1. The molecule has 1 fully saturated rings. The smallest absolute Gasteiger partial charge is 0.210 e. The second kappa shape index (κ2) is 9.11. The molecule has 4 aromatic rings. The van der Waals surface area contributed by atoms with Crippen molar-refractivity contribution in [2.45, 2.75) is 30.1 Å². The molecule has 1 aliphatic heterocycles. The van der Waals surface area contributed by atoms with E-state index in [4.69, 9.17) is 0 Å². The number of para-hydroxylation sites is 1. The number of fused-ring (bicyclic) bond motifs is 1. The number of hydrogen-bond donors (Lipinski definition) is 0. The summed E-state index contributed by atoms with van der Waals surface area (Å²) >= 11 is 0. The first-order valence-corrected chi connectivity index (χ1v) is 13.2. The monoisotopic (exact) mass is 471 g/mol. The van der Waals surface area contributed by atoms with E-state index in [1.807, 2.05) is 37.3 Å². The van der Waals surface area contributed by atoms with Gasteiger partial charge in [0.05, 0.1) is 16.1 Å². The van der Waals surface area contributed by atoms with Gasteiger partial charge in [0.2, 0.25) is 9.84 Å². The number of hydrogen-bond acceptors (Lipinski definition) is 5. The first-order valence-electron chi connectivity index (χ1n) is 11.8. The lowest BCUT2D eigenvalue weighted by Gasteiger charge is -2.38. The van der Waals surface area contributed by atoms with E-state index in [0.717, 1.165) is 60.3 Å². The Morgan fingerprint density at radius 3 is 2.21 bits per heavy atom. The maximum atomic E-state index is 13.8. The van der Waals surface area contributed by atoms with Gasteiger partial charge < -0.3 is 9.80 Å². The predicted molar refractivity (Wildman–Crippen MR) is 139 cm³/mol. The highest BCUT2D eigenvalue weighted by Gasteiger charge is 2.29. The summed E-state index contributed by atoms with van der Waals surface area (Å²) in [5.41, 5.74) is 4.97. The highest BCUT2D eigenvalue weighted by atomic mass is 32.2. The minimum atomic E-state index is -3.73. The zero-order valence-corrected chi connectivity index (χ0v) is 20.4. The summed E-state index contributed by atoms with van der Waals surface area (Å²) in [6, 6.07) is 23.6. The van der Waals surface area contributed by atoms with E-state index >= 15 is 0 Å². The average Bonchev–Trinajstić information content (AvgIpc) is 2.88. The summed E-state index contributed by atoms with van der Waals surface area (Å²) in [6.45, 7) is 7.21. The van der Waals surface area contributed by atoms with Gasteiger partial charge in [-0.3, -0.25) is 4.98 Å². The third kappa shape index (κ3) is 4.14. The minimum absolute atomic E-state index is 0.281. The molecule has 6 heteroatoms. The number of pyridine rings is 1. The summed E-state index contributed by atoms with van der Waals surface area (Å²) < 4.78 is 27.7. The first kappa shape index (κ1) is 22.4. The molecule has 0 unspecified atom stereocenters. The number of anilines is 2. The Morgan fingerprint density at radius 2 is 1.53 bits per heavy atom. The fourth-order valence-electron chi connectivity index (χ4n) is 4.66. The Morgan fingerprint density at radius 1 is 0.853 bits per heavy atom.